The third-order valence-electron chi connectivity index (χ3n) is 6.51. The van der Waals surface area contributed by atoms with E-state index in [0.29, 0.717) is 42.5 Å². The van der Waals surface area contributed by atoms with Gasteiger partial charge in [-0.3, -0.25) is 14.5 Å². The fourth-order valence-corrected chi connectivity index (χ4v) is 4.28. The molecule has 3 heterocycles. The number of aromatic nitrogens is 4. The molecule has 196 valence electrons. The standard InChI is InChI=1S/C29H27N7O3/c1-34-10-11-35(20-28(34)38)12-13-39-25-17-31-29(32-18-25)24-7-3-5-22(15-24)19-36-27(37)9-8-26(33-36)23-6-2-4-21(14-23)16-30/h2-9,14-15,17-18H,10-13,19-20H2,1H3. The fraction of sp³-hybridized carbons (Fsp3) is 0.241. The summed E-state index contributed by atoms with van der Waals surface area (Å²) in [5.74, 6) is 1.22. The third kappa shape index (κ3) is 6.34. The van der Waals surface area contributed by atoms with E-state index in [2.05, 4.69) is 26.0 Å². The maximum Gasteiger partial charge on any atom is 0.267 e. The molecule has 0 aliphatic carbocycles. The van der Waals surface area contributed by atoms with E-state index >= 15 is 0 Å². The molecular formula is C29H27N7O3. The van der Waals surface area contributed by atoms with Crippen LogP contribution in [0.15, 0.2) is 77.9 Å². The second kappa shape index (κ2) is 11.7. The van der Waals surface area contributed by atoms with Crippen LogP contribution in [0.25, 0.3) is 22.6 Å². The number of benzene rings is 2. The van der Waals surface area contributed by atoms with Crippen molar-refractivity contribution in [1.82, 2.24) is 29.5 Å². The monoisotopic (exact) mass is 521 g/mol. The minimum absolute atomic E-state index is 0.120. The highest BCUT2D eigenvalue weighted by molar-refractivity contribution is 5.78. The normalized spacial score (nSPS) is 13.7. The minimum Gasteiger partial charge on any atom is -0.489 e. The molecule has 1 amide bonds. The minimum atomic E-state index is -0.223. The molecule has 10 nitrogen and oxygen atoms in total. The summed E-state index contributed by atoms with van der Waals surface area (Å²) in [6.07, 6.45) is 3.27. The lowest BCUT2D eigenvalue weighted by molar-refractivity contribution is -0.134. The molecule has 1 fully saturated rings. The summed E-state index contributed by atoms with van der Waals surface area (Å²) in [6.45, 7) is 3.33. The van der Waals surface area contributed by atoms with Gasteiger partial charge in [-0.25, -0.2) is 14.6 Å². The third-order valence-corrected chi connectivity index (χ3v) is 6.51. The first-order valence-corrected chi connectivity index (χ1v) is 12.6. The number of amides is 1. The predicted octanol–water partition coefficient (Wildman–Crippen LogP) is 2.44. The number of carbonyl (C=O) groups excluding carboxylic acids is 1. The second-order valence-electron chi connectivity index (χ2n) is 9.29. The van der Waals surface area contributed by atoms with Crippen LogP contribution in [0.4, 0.5) is 0 Å². The highest BCUT2D eigenvalue weighted by Crippen LogP contribution is 2.20. The average Bonchev–Trinajstić information content (AvgIpc) is 2.96. The van der Waals surface area contributed by atoms with Gasteiger partial charge in [0.05, 0.1) is 42.8 Å². The predicted molar refractivity (Wildman–Crippen MR) is 145 cm³/mol. The lowest BCUT2D eigenvalue weighted by Crippen LogP contribution is -2.49. The summed E-state index contributed by atoms with van der Waals surface area (Å²) in [5, 5.41) is 13.7. The van der Waals surface area contributed by atoms with Crippen molar-refractivity contribution >= 4 is 5.91 Å². The Morgan fingerprint density at radius 1 is 0.974 bits per heavy atom. The van der Waals surface area contributed by atoms with E-state index in [1.54, 1.807) is 41.6 Å². The zero-order valence-electron chi connectivity index (χ0n) is 21.5. The van der Waals surface area contributed by atoms with E-state index in [0.717, 1.165) is 29.8 Å². The number of carbonyl (C=O) groups is 1. The molecule has 39 heavy (non-hydrogen) atoms. The van der Waals surface area contributed by atoms with Gasteiger partial charge >= 0.3 is 0 Å². The van der Waals surface area contributed by atoms with Crippen LogP contribution < -0.4 is 10.3 Å². The van der Waals surface area contributed by atoms with Crippen LogP contribution in [-0.4, -0.2) is 75.3 Å². The maximum absolute atomic E-state index is 12.5. The van der Waals surface area contributed by atoms with Crippen molar-refractivity contribution < 1.29 is 9.53 Å². The molecule has 1 saturated heterocycles. The molecule has 0 atom stereocenters. The summed E-state index contributed by atoms with van der Waals surface area (Å²) in [7, 11) is 1.82. The molecule has 0 spiro atoms. The van der Waals surface area contributed by atoms with Crippen LogP contribution in [0.5, 0.6) is 5.75 Å². The van der Waals surface area contributed by atoms with E-state index in [-0.39, 0.29) is 18.0 Å². The van der Waals surface area contributed by atoms with Gasteiger partial charge in [-0.15, -0.1) is 0 Å². The first-order valence-electron chi connectivity index (χ1n) is 12.6. The van der Waals surface area contributed by atoms with E-state index in [4.69, 9.17) is 4.74 Å². The summed E-state index contributed by atoms with van der Waals surface area (Å²) in [6, 6.07) is 20.0. The molecule has 4 aromatic rings. The largest absolute Gasteiger partial charge is 0.489 e. The molecule has 0 saturated carbocycles. The molecule has 1 aliphatic heterocycles. The van der Waals surface area contributed by atoms with E-state index in [1.165, 1.54) is 10.7 Å². The van der Waals surface area contributed by atoms with E-state index in [1.807, 2.05) is 37.4 Å². The Morgan fingerprint density at radius 2 is 1.77 bits per heavy atom. The Kier molecular flexibility index (Phi) is 7.70. The molecule has 0 bridgehead atoms. The highest BCUT2D eigenvalue weighted by Gasteiger charge is 2.20. The molecule has 1 aliphatic rings. The van der Waals surface area contributed by atoms with Gasteiger partial charge < -0.3 is 9.64 Å². The Balaban J connectivity index is 1.24. The number of ether oxygens (including phenoxy) is 1. The van der Waals surface area contributed by atoms with Crippen molar-refractivity contribution in [2.24, 2.45) is 0 Å². The van der Waals surface area contributed by atoms with Gasteiger partial charge in [0.15, 0.2) is 11.6 Å². The molecule has 2 aromatic heterocycles. The number of hydrogen-bond acceptors (Lipinski definition) is 8. The van der Waals surface area contributed by atoms with Gasteiger partial charge in [-0.1, -0.05) is 30.3 Å². The Bertz CT molecular complexity index is 1580. The van der Waals surface area contributed by atoms with Crippen molar-refractivity contribution in [3.63, 3.8) is 0 Å². The van der Waals surface area contributed by atoms with Crippen LogP contribution in [-0.2, 0) is 11.3 Å². The number of likely N-dealkylation sites (N-methyl/N-ethyl adjacent to an activating group) is 1. The van der Waals surface area contributed by atoms with Crippen LogP contribution >= 0.6 is 0 Å². The van der Waals surface area contributed by atoms with Crippen molar-refractivity contribution in [2.45, 2.75) is 6.54 Å². The molecule has 0 unspecified atom stereocenters. The van der Waals surface area contributed by atoms with Crippen molar-refractivity contribution in [3.8, 4) is 34.5 Å². The molecule has 0 radical (unpaired) electrons. The average molecular weight is 522 g/mol. The summed E-state index contributed by atoms with van der Waals surface area (Å²) in [4.78, 5) is 37.1. The number of rotatable bonds is 8. The van der Waals surface area contributed by atoms with Crippen molar-refractivity contribution in [2.75, 3.05) is 39.8 Å². The fourth-order valence-electron chi connectivity index (χ4n) is 4.28. The molecule has 10 heteroatoms. The Morgan fingerprint density at radius 3 is 2.56 bits per heavy atom. The lowest BCUT2D eigenvalue weighted by atomic mass is 10.1. The van der Waals surface area contributed by atoms with E-state index < -0.39 is 0 Å². The molecular weight excluding hydrogens is 494 g/mol. The van der Waals surface area contributed by atoms with E-state index in [9.17, 15) is 14.9 Å². The Labute approximate surface area is 225 Å². The highest BCUT2D eigenvalue weighted by atomic mass is 16.5. The van der Waals surface area contributed by atoms with Crippen LogP contribution in [0, 0.1) is 11.3 Å². The number of nitriles is 1. The van der Waals surface area contributed by atoms with Gasteiger partial charge in [0, 0.05) is 43.9 Å². The summed E-state index contributed by atoms with van der Waals surface area (Å²) in [5.41, 5.74) is 3.36. The molecule has 0 N–H and O–H groups in total. The van der Waals surface area contributed by atoms with Crippen LogP contribution in [0.3, 0.4) is 0 Å². The second-order valence-corrected chi connectivity index (χ2v) is 9.29. The van der Waals surface area contributed by atoms with Gasteiger partial charge in [-0.2, -0.15) is 10.4 Å². The van der Waals surface area contributed by atoms with Crippen LogP contribution in [0.2, 0.25) is 0 Å². The van der Waals surface area contributed by atoms with Gasteiger partial charge in [-0.05, 0) is 29.8 Å². The van der Waals surface area contributed by atoms with Crippen molar-refractivity contribution in [1.29, 1.82) is 5.26 Å². The zero-order chi connectivity index (χ0) is 27.2. The number of hydrogen-bond donors (Lipinski definition) is 0. The number of piperazine rings is 1. The van der Waals surface area contributed by atoms with Gasteiger partial charge in [0.25, 0.3) is 5.56 Å². The lowest BCUT2D eigenvalue weighted by Gasteiger charge is -2.31. The summed E-state index contributed by atoms with van der Waals surface area (Å²) >= 11 is 0. The molecule has 5 rings (SSSR count). The summed E-state index contributed by atoms with van der Waals surface area (Å²) < 4.78 is 7.19. The van der Waals surface area contributed by atoms with Crippen molar-refractivity contribution in [3.05, 3.63) is 94.5 Å². The first-order chi connectivity index (χ1) is 19.0. The van der Waals surface area contributed by atoms with Gasteiger partial charge in [0.1, 0.15) is 6.61 Å². The van der Waals surface area contributed by atoms with Crippen LogP contribution in [0.1, 0.15) is 11.1 Å². The smallest absolute Gasteiger partial charge is 0.267 e. The zero-order valence-corrected chi connectivity index (χ0v) is 21.5. The topological polar surface area (TPSA) is 117 Å². The SMILES string of the molecule is CN1CCN(CCOc2cnc(-c3cccc(Cn4nc(-c5cccc(C#N)c5)ccc4=O)c3)nc2)CC1=O. The number of nitrogens with zero attached hydrogens (tertiary/aromatic N) is 7. The van der Waals surface area contributed by atoms with Gasteiger partial charge in [0.2, 0.25) is 5.91 Å². The molecule has 2 aromatic carbocycles. The quantitative estimate of drug-likeness (QED) is 0.347. The first kappa shape index (κ1) is 25.8. The Hall–Kier alpha value is -4.88. The maximum atomic E-state index is 12.5.